The van der Waals surface area contributed by atoms with Crippen molar-refractivity contribution in [2.24, 2.45) is 0 Å². The van der Waals surface area contributed by atoms with E-state index in [1.165, 1.54) is 5.56 Å². The highest BCUT2D eigenvalue weighted by atomic mass is 16.5. The zero-order valence-electron chi connectivity index (χ0n) is 13.6. The third-order valence-corrected chi connectivity index (χ3v) is 3.01. The lowest BCUT2D eigenvalue weighted by molar-refractivity contribution is -0.150. The minimum atomic E-state index is -0.242. The number of carbonyl (C=O) groups is 1. The van der Waals surface area contributed by atoms with Crippen molar-refractivity contribution in [1.29, 1.82) is 0 Å². The number of carbonyl (C=O) groups excluding carboxylic acids is 1. The molecule has 120 valence electrons. The molecular weight excluding hydrogens is 266 g/mol. The van der Waals surface area contributed by atoms with Crippen molar-refractivity contribution in [1.82, 2.24) is 5.32 Å². The Bertz CT molecular complexity index is 366. The molecule has 0 fully saturated rings. The summed E-state index contributed by atoms with van der Waals surface area (Å²) in [6, 6.07) is 9.98. The fourth-order valence-electron chi connectivity index (χ4n) is 1.49. The predicted molar refractivity (Wildman–Crippen MR) is 86.2 cm³/mol. The van der Waals surface area contributed by atoms with E-state index in [1.807, 2.05) is 32.0 Å². The van der Waals surface area contributed by atoms with Crippen LogP contribution in [0.2, 0.25) is 0 Å². The summed E-state index contributed by atoms with van der Waals surface area (Å²) in [5.74, 6) is -0.187. The Morgan fingerprint density at radius 1 is 1.29 bits per heavy atom. The number of ether oxygens (including phenoxy) is 1. The molecule has 0 saturated heterocycles. The smallest absolute Gasteiger partial charge is 0.323 e. The van der Waals surface area contributed by atoms with E-state index in [0.717, 1.165) is 19.3 Å². The van der Waals surface area contributed by atoms with Crippen molar-refractivity contribution in [2.45, 2.75) is 52.2 Å². The number of aryl methyl sites for hydroxylation is 1. The number of likely N-dealkylation sites (N-methyl/N-ethyl adjacent to an activating group) is 1. The lowest BCUT2D eigenvalue weighted by atomic mass is 10.1. The minimum Gasteiger partial charge on any atom is -0.462 e. The van der Waals surface area contributed by atoms with Crippen LogP contribution in [-0.4, -0.2) is 36.9 Å². The van der Waals surface area contributed by atoms with Gasteiger partial charge < -0.3 is 15.2 Å². The summed E-state index contributed by atoms with van der Waals surface area (Å²) >= 11 is 0. The SMILES string of the molecule is CCCO.CN[C@@H](C)C(=O)OC(C)CCc1ccccc1. The number of hydrogen-bond donors (Lipinski definition) is 2. The number of rotatable bonds is 7. The predicted octanol–water partition coefficient (Wildman–Crippen LogP) is 2.55. The minimum absolute atomic E-state index is 0.0430. The van der Waals surface area contributed by atoms with Crippen LogP contribution in [0.5, 0.6) is 0 Å². The topological polar surface area (TPSA) is 58.6 Å². The molecule has 0 bridgehead atoms. The molecule has 0 heterocycles. The average Bonchev–Trinajstić information content (AvgIpc) is 2.53. The first kappa shape index (κ1) is 19.6. The molecule has 1 unspecified atom stereocenters. The van der Waals surface area contributed by atoms with E-state index in [9.17, 15) is 4.79 Å². The quantitative estimate of drug-likeness (QED) is 0.759. The molecular formula is C17H29NO3. The van der Waals surface area contributed by atoms with Crippen molar-refractivity contribution in [3.05, 3.63) is 35.9 Å². The average molecular weight is 295 g/mol. The van der Waals surface area contributed by atoms with Crippen LogP contribution in [0, 0.1) is 0 Å². The van der Waals surface area contributed by atoms with Crippen LogP contribution in [0.1, 0.15) is 39.2 Å². The number of hydrogen-bond acceptors (Lipinski definition) is 4. The summed E-state index contributed by atoms with van der Waals surface area (Å²) in [7, 11) is 1.75. The van der Waals surface area contributed by atoms with Gasteiger partial charge in [-0.25, -0.2) is 0 Å². The van der Waals surface area contributed by atoms with Crippen LogP contribution in [0.25, 0.3) is 0 Å². The van der Waals surface area contributed by atoms with Crippen molar-refractivity contribution in [3.8, 4) is 0 Å². The van der Waals surface area contributed by atoms with Gasteiger partial charge in [0.25, 0.3) is 0 Å². The second-order valence-electron chi connectivity index (χ2n) is 5.01. The number of nitrogens with one attached hydrogen (secondary N) is 1. The first-order valence-corrected chi connectivity index (χ1v) is 7.57. The van der Waals surface area contributed by atoms with Gasteiger partial charge >= 0.3 is 5.97 Å². The number of benzene rings is 1. The van der Waals surface area contributed by atoms with Crippen LogP contribution in [0.3, 0.4) is 0 Å². The maximum atomic E-state index is 11.5. The lowest BCUT2D eigenvalue weighted by Crippen LogP contribution is -2.34. The molecule has 0 aromatic heterocycles. The van der Waals surface area contributed by atoms with E-state index in [0.29, 0.717) is 6.61 Å². The third-order valence-electron chi connectivity index (χ3n) is 3.01. The molecule has 4 nitrogen and oxygen atoms in total. The third kappa shape index (κ3) is 10.0. The number of aliphatic hydroxyl groups excluding tert-OH is 1. The van der Waals surface area contributed by atoms with Gasteiger partial charge in [0.15, 0.2) is 0 Å². The van der Waals surface area contributed by atoms with Gasteiger partial charge in [0.2, 0.25) is 0 Å². The highest BCUT2D eigenvalue weighted by Gasteiger charge is 2.15. The summed E-state index contributed by atoms with van der Waals surface area (Å²) in [4.78, 5) is 11.5. The zero-order chi connectivity index (χ0) is 16.1. The summed E-state index contributed by atoms with van der Waals surface area (Å²) in [5.41, 5.74) is 1.28. The molecule has 0 aliphatic rings. The molecule has 0 saturated carbocycles. The van der Waals surface area contributed by atoms with Crippen molar-refractivity contribution < 1.29 is 14.6 Å². The lowest BCUT2D eigenvalue weighted by Gasteiger charge is -2.16. The van der Waals surface area contributed by atoms with Crippen LogP contribution < -0.4 is 5.32 Å². The summed E-state index contributed by atoms with van der Waals surface area (Å²) < 4.78 is 5.32. The molecule has 0 aliphatic heterocycles. The van der Waals surface area contributed by atoms with E-state index >= 15 is 0 Å². The molecule has 2 atom stereocenters. The Morgan fingerprint density at radius 3 is 2.33 bits per heavy atom. The van der Waals surface area contributed by atoms with E-state index in [1.54, 1.807) is 14.0 Å². The van der Waals surface area contributed by atoms with Gasteiger partial charge in [-0.3, -0.25) is 4.79 Å². The molecule has 1 aromatic rings. The Balaban J connectivity index is 0.000000885. The van der Waals surface area contributed by atoms with E-state index in [4.69, 9.17) is 9.84 Å². The molecule has 0 spiro atoms. The first-order valence-electron chi connectivity index (χ1n) is 7.57. The number of esters is 1. The highest BCUT2D eigenvalue weighted by molar-refractivity contribution is 5.75. The monoisotopic (exact) mass is 295 g/mol. The van der Waals surface area contributed by atoms with Crippen LogP contribution in [-0.2, 0) is 16.0 Å². The highest BCUT2D eigenvalue weighted by Crippen LogP contribution is 2.07. The Hall–Kier alpha value is -1.39. The summed E-state index contributed by atoms with van der Waals surface area (Å²) in [6.45, 7) is 5.98. The van der Waals surface area contributed by atoms with Gasteiger partial charge in [-0.05, 0) is 45.7 Å². The van der Waals surface area contributed by atoms with Crippen molar-refractivity contribution >= 4 is 5.97 Å². The van der Waals surface area contributed by atoms with Gasteiger partial charge in [0.05, 0.1) is 6.10 Å². The van der Waals surface area contributed by atoms with Crippen molar-refractivity contribution in [3.63, 3.8) is 0 Å². The normalized spacial score (nSPS) is 12.8. The molecule has 1 rings (SSSR count). The van der Waals surface area contributed by atoms with Gasteiger partial charge in [0.1, 0.15) is 6.04 Å². The Morgan fingerprint density at radius 2 is 1.86 bits per heavy atom. The standard InChI is InChI=1S/C14H21NO2.C3H8O/c1-11(17-14(16)12(2)15-3)9-10-13-7-5-4-6-8-13;1-2-3-4/h4-8,11-12,15H,9-10H2,1-3H3;4H,2-3H2,1H3/t11?,12-;/m0./s1. The second-order valence-corrected chi connectivity index (χ2v) is 5.01. The molecule has 0 radical (unpaired) electrons. The van der Waals surface area contributed by atoms with Gasteiger partial charge in [-0.15, -0.1) is 0 Å². The summed E-state index contributed by atoms with van der Waals surface area (Å²) in [5, 5.41) is 10.7. The second kappa shape index (κ2) is 12.4. The number of aliphatic hydroxyl groups is 1. The van der Waals surface area contributed by atoms with Crippen molar-refractivity contribution in [2.75, 3.05) is 13.7 Å². The molecule has 0 amide bonds. The molecule has 21 heavy (non-hydrogen) atoms. The fraction of sp³-hybridized carbons (Fsp3) is 0.588. The van der Waals surface area contributed by atoms with Crippen LogP contribution in [0.4, 0.5) is 0 Å². The fourth-order valence-corrected chi connectivity index (χ4v) is 1.49. The Labute approximate surface area is 128 Å². The molecule has 1 aromatic carbocycles. The van der Waals surface area contributed by atoms with E-state index in [2.05, 4.69) is 17.4 Å². The first-order chi connectivity index (χ1) is 10.0. The molecule has 2 N–H and O–H groups in total. The van der Waals surface area contributed by atoms with Gasteiger partial charge in [0, 0.05) is 6.61 Å². The maximum Gasteiger partial charge on any atom is 0.323 e. The largest absolute Gasteiger partial charge is 0.462 e. The Kier molecular flexibility index (Phi) is 11.5. The van der Waals surface area contributed by atoms with Crippen LogP contribution in [0.15, 0.2) is 30.3 Å². The molecule has 0 aliphatic carbocycles. The maximum absolute atomic E-state index is 11.5. The molecule has 4 heteroatoms. The van der Waals surface area contributed by atoms with Crippen LogP contribution >= 0.6 is 0 Å². The zero-order valence-corrected chi connectivity index (χ0v) is 13.6. The van der Waals surface area contributed by atoms with Gasteiger partial charge in [-0.1, -0.05) is 37.3 Å². The van der Waals surface area contributed by atoms with E-state index in [-0.39, 0.29) is 18.1 Å². The van der Waals surface area contributed by atoms with E-state index < -0.39 is 0 Å². The summed E-state index contributed by atoms with van der Waals surface area (Å²) in [6.07, 6.45) is 2.62. The van der Waals surface area contributed by atoms with Gasteiger partial charge in [-0.2, -0.15) is 0 Å².